The zero-order chi connectivity index (χ0) is 12.8. The van der Waals surface area contributed by atoms with Crippen molar-refractivity contribution in [2.24, 2.45) is 0 Å². The van der Waals surface area contributed by atoms with Gasteiger partial charge < -0.3 is 10.2 Å². The van der Waals surface area contributed by atoms with Crippen molar-refractivity contribution >= 4 is 23.3 Å². The number of aromatic nitrogens is 1. The van der Waals surface area contributed by atoms with Crippen LogP contribution >= 0.6 is 11.6 Å². The lowest BCUT2D eigenvalue weighted by Crippen LogP contribution is -2.26. The highest BCUT2D eigenvalue weighted by Crippen LogP contribution is 2.16. The third-order valence-electron chi connectivity index (χ3n) is 2.42. The Balaban J connectivity index is 2.92. The number of hydrogen-bond acceptors (Lipinski definition) is 3. The second-order valence-electron chi connectivity index (χ2n) is 3.81. The van der Waals surface area contributed by atoms with Gasteiger partial charge >= 0.3 is 0 Å². The molecule has 17 heavy (non-hydrogen) atoms. The Morgan fingerprint density at radius 2 is 2.18 bits per heavy atom. The van der Waals surface area contributed by atoms with Crippen molar-refractivity contribution in [3.8, 4) is 0 Å². The van der Waals surface area contributed by atoms with Gasteiger partial charge in [-0.1, -0.05) is 18.5 Å². The maximum atomic E-state index is 12.0. The van der Waals surface area contributed by atoms with E-state index in [1.807, 2.05) is 6.92 Å². The van der Waals surface area contributed by atoms with Gasteiger partial charge in [-0.2, -0.15) is 0 Å². The standard InChI is InChI=1S/C12H18ClN3O/c1-4-6-14-11-8-9(7-10(13)15-11)12(17)16(3)5-2/h7-8H,4-6H2,1-3H3,(H,14,15). The molecule has 0 fully saturated rings. The third-order valence-corrected chi connectivity index (χ3v) is 2.61. The van der Waals surface area contributed by atoms with Gasteiger partial charge in [0.15, 0.2) is 0 Å². The van der Waals surface area contributed by atoms with Gasteiger partial charge in [-0.15, -0.1) is 0 Å². The summed E-state index contributed by atoms with van der Waals surface area (Å²) in [5.74, 6) is 0.601. The van der Waals surface area contributed by atoms with Crippen molar-refractivity contribution < 1.29 is 4.79 Å². The number of rotatable bonds is 5. The van der Waals surface area contributed by atoms with Crippen LogP contribution < -0.4 is 5.32 Å². The summed E-state index contributed by atoms with van der Waals surface area (Å²) >= 11 is 5.90. The summed E-state index contributed by atoms with van der Waals surface area (Å²) in [6.07, 6.45) is 0.992. The van der Waals surface area contributed by atoms with Crippen LogP contribution in [0.5, 0.6) is 0 Å². The molecule has 1 N–H and O–H groups in total. The summed E-state index contributed by atoms with van der Waals surface area (Å²) in [4.78, 5) is 17.7. The Morgan fingerprint density at radius 3 is 2.76 bits per heavy atom. The van der Waals surface area contributed by atoms with E-state index in [9.17, 15) is 4.79 Å². The normalized spacial score (nSPS) is 10.1. The van der Waals surface area contributed by atoms with E-state index in [2.05, 4.69) is 17.2 Å². The molecule has 0 aliphatic heterocycles. The van der Waals surface area contributed by atoms with Gasteiger partial charge in [-0.3, -0.25) is 4.79 Å². The number of amides is 1. The van der Waals surface area contributed by atoms with Gasteiger partial charge in [0.05, 0.1) is 0 Å². The maximum Gasteiger partial charge on any atom is 0.253 e. The van der Waals surface area contributed by atoms with E-state index in [1.165, 1.54) is 0 Å². The molecule has 1 rings (SSSR count). The van der Waals surface area contributed by atoms with Crippen molar-refractivity contribution in [2.75, 3.05) is 25.5 Å². The Labute approximate surface area is 107 Å². The summed E-state index contributed by atoms with van der Waals surface area (Å²) < 4.78 is 0. The molecule has 0 spiro atoms. The number of hydrogen-bond donors (Lipinski definition) is 1. The zero-order valence-electron chi connectivity index (χ0n) is 10.5. The molecule has 0 aliphatic carbocycles. The minimum absolute atomic E-state index is 0.0450. The van der Waals surface area contributed by atoms with Crippen molar-refractivity contribution in [3.05, 3.63) is 22.8 Å². The Hall–Kier alpha value is -1.29. The van der Waals surface area contributed by atoms with E-state index in [-0.39, 0.29) is 5.91 Å². The molecule has 0 aliphatic rings. The van der Waals surface area contributed by atoms with E-state index < -0.39 is 0 Å². The fourth-order valence-electron chi connectivity index (χ4n) is 1.33. The SMILES string of the molecule is CCCNc1cc(C(=O)N(C)CC)cc(Cl)n1. The monoisotopic (exact) mass is 255 g/mol. The molecule has 0 bridgehead atoms. The molecule has 5 heteroatoms. The molecule has 0 atom stereocenters. The predicted octanol–water partition coefficient (Wildman–Crippen LogP) is 2.65. The van der Waals surface area contributed by atoms with Crippen LogP contribution in [0.3, 0.4) is 0 Å². The van der Waals surface area contributed by atoms with Gasteiger partial charge in [0.25, 0.3) is 5.91 Å². The number of nitrogens with one attached hydrogen (secondary N) is 1. The van der Waals surface area contributed by atoms with E-state index in [4.69, 9.17) is 11.6 Å². The highest BCUT2D eigenvalue weighted by atomic mass is 35.5. The third kappa shape index (κ3) is 3.89. The van der Waals surface area contributed by atoms with Gasteiger partial charge in [0.2, 0.25) is 0 Å². The molecule has 94 valence electrons. The summed E-state index contributed by atoms with van der Waals surface area (Å²) in [7, 11) is 1.76. The smallest absolute Gasteiger partial charge is 0.253 e. The van der Waals surface area contributed by atoms with E-state index in [0.717, 1.165) is 13.0 Å². The fourth-order valence-corrected chi connectivity index (χ4v) is 1.54. The molecule has 1 aromatic rings. The van der Waals surface area contributed by atoms with Gasteiger partial charge in [-0.05, 0) is 25.5 Å². The minimum Gasteiger partial charge on any atom is -0.370 e. The molecule has 1 heterocycles. The van der Waals surface area contributed by atoms with Crippen LogP contribution in [0.1, 0.15) is 30.6 Å². The molecule has 0 radical (unpaired) electrons. The molecular formula is C12H18ClN3O. The highest BCUT2D eigenvalue weighted by Gasteiger charge is 2.12. The van der Waals surface area contributed by atoms with Crippen LogP contribution in [0, 0.1) is 0 Å². The van der Waals surface area contributed by atoms with E-state index >= 15 is 0 Å². The number of pyridine rings is 1. The van der Waals surface area contributed by atoms with Crippen LogP contribution in [0.25, 0.3) is 0 Å². The van der Waals surface area contributed by atoms with Crippen molar-refractivity contribution in [2.45, 2.75) is 20.3 Å². The number of anilines is 1. The highest BCUT2D eigenvalue weighted by molar-refractivity contribution is 6.29. The van der Waals surface area contributed by atoms with Gasteiger partial charge in [0, 0.05) is 25.7 Å². The van der Waals surface area contributed by atoms with E-state index in [1.54, 1.807) is 24.1 Å². The van der Waals surface area contributed by atoms with Crippen molar-refractivity contribution in [3.63, 3.8) is 0 Å². The number of carbonyl (C=O) groups excluding carboxylic acids is 1. The molecular weight excluding hydrogens is 238 g/mol. The fraction of sp³-hybridized carbons (Fsp3) is 0.500. The number of carbonyl (C=O) groups is 1. The average Bonchev–Trinajstić information content (AvgIpc) is 2.33. The quantitative estimate of drug-likeness (QED) is 0.823. The van der Waals surface area contributed by atoms with Crippen LogP contribution in [-0.2, 0) is 0 Å². The molecule has 0 saturated carbocycles. The van der Waals surface area contributed by atoms with Crippen molar-refractivity contribution in [1.29, 1.82) is 0 Å². The largest absolute Gasteiger partial charge is 0.370 e. The number of halogens is 1. The minimum atomic E-state index is -0.0450. The first-order valence-electron chi connectivity index (χ1n) is 5.75. The molecule has 0 unspecified atom stereocenters. The first-order valence-corrected chi connectivity index (χ1v) is 6.13. The van der Waals surface area contributed by atoms with Crippen LogP contribution in [0.4, 0.5) is 5.82 Å². The lowest BCUT2D eigenvalue weighted by atomic mass is 10.2. The van der Waals surface area contributed by atoms with Crippen molar-refractivity contribution in [1.82, 2.24) is 9.88 Å². The topological polar surface area (TPSA) is 45.2 Å². The van der Waals surface area contributed by atoms with Crippen LogP contribution in [-0.4, -0.2) is 35.9 Å². The number of nitrogens with zero attached hydrogens (tertiary/aromatic N) is 2. The van der Waals surface area contributed by atoms with Crippen LogP contribution in [0.2, 0.25) is 5.15 Å². The Morgan fingerprint density at radius 1 is 1.47 bits per heavy atom. The zero-order valence-corrected chi connectivity index (χ0v) is 11.2. The first-order chi connectivity index (χ1) is 8.08. The lowest BCUT2D eigenvalue weighted by Gasteiger charge is -2.15. The van der Waals surface area contributed by atoms with E-state index in [0.29, 0.717) is 23.1 Å². The molecule has 0 aromatic carbocycles. The molecule has 1 aromatic heterocycles. The lowest BCUT2D eigenvalue weighted by molar-refractivity contribution is 0.0802. The Kier molecular flexibility index (Phi) is 5.22. The van der Waals surface area contributed by atoms with Gasteiger partial charge in [-0.25, -0.2) is 4.98 Å². The average molecular weight is 256 g/mol. The second-order valence-corrected chi connectivity index (χ2v) is 4.20. The summed E-state index contributed by atoms with van der Waals surface area (Å²) in [5.41, 5.74) is 0.563. The predicted molar refractivity (Wildman–Crippen MR) is 70.7 cm³/mol. The maximum absolute atomic E-state index is 12.0. The molecule has 1 amide bonds. The first kappa shape index (κ1) is 13.8. The Bertz CT molecular complexity index is 395. The van der Waals surface area contributed by atoms with Crippen LogP contribution in [0.15, 0.2) is 12.1 Å². The second kappa shape index (κ2) is 6.45. The summed E-state index contributed by atoms with van der Waals surface area (Å²) in [6, 6.07) is 3.32. The molecule has 0 saturated heterocycles. The summed E-state index contributed by atoms with van der Waals surface area (Å²) in [6.45, 7) is 5.46. The summed E-state index contributed by atoms with van der Waals surface area (Å²) in [5, 5.41) is 3.45. The van der Waals surface area contributed by atoms with Gasteiger partial charge in [0.1, 0.15) is 11.0 Å². The molecule has 4 nitrogen and oxygen atoms in total.